The van der Waals surface area contributed by atoms with E-state index in [4.69, 9.17) is 0 Å². The van der Waals surface area contributed by atoms with Gasteiger partial charge in [-0.25, -0.2) is 0 Å². The van der Waals surface area contributed by atoms with E-state index in [1.54, 1.807) is 0 Å². The fourth-order valence-corrected chi connectivity index (χ4v) is 3.75. The van der Waals surface area contributed by atoms with Crippen molar-refractivity contribution in [1.29, 1.82) is 0 Å². The molecule has 0 unspecified atom stereocenters. The summed E-state index contributed by atoms with van der Waals surface area (Å²) < 4.78 is 0. The standard InChI is InChI=1S/C17H26N4O.ClH/c22-17(16-14-3-1-2-4-15(14)19-20-16)21-9-7-13(8-10-21)18-11-12-5-6-12;/h12-13,18H,1-11H2,(H,19,20);1H. The number of amides is 1. The monoisotopic (exact) mass is 338 g/mol. The van der Waals surface area contributed by atoms with Crippen LogP contribution < -0.4 is 5.32 Å². The van der Waals surface area contributed by atoms with Crippen molar-refractivity contribution in [2.45, 2.75) is 57.4 Å². The highest BCUT2D eigenvalue weighted by molar-refractivity contribution is 5.94. The van der Waals surface area contributed by atoms with E-state index >= 15 is 0 Å². The predicted molar refractivity (Wildman–Crippen MR) is 92.1 cm³/mol. The molecule has 1 aromatic heterocycles. The molecule has 23 heavy (non-hydrogen) atoms. The Morgan fingerprint density at radius 3 is 2.65 bits per heavy atom. The summed E-state index contributed by atoms with van der Waals surface area (Å²) in [6.07, 6.45) is 9.38. The van der Waals surface area contributed by atoms with Crippen LogP contribution in [0.15, 0.2) is 0 Å². The van der Waals surface area contributed by atoms with E-state index in [1.165, 1.54) is 43.5 Å². The molecule has 128 valence electrons. The molecule has 1 aliphatic heterocycles. The van der Waals surface area contributed by atoms with Crippen LogP contribution in [0.3, 0.4) is 0 Å². The van der Waals surface area contributed by atoms with Gasteiger partial charge in [-0.3, -0.25) is 9.89 Å². The molecule has 0 aromatic carbocycles. The number of hydrogen-bond donors (Lipinski definition) is 2. The Balaban J connectivity index is 0.00000156. The molecular formula is C17H27ClN4O. The summed E-state index contributed by atoms with van der Waals surface area (Å²) >= 11 is 0. The average Bonchev–Trinajstić information content (AvgIpc) is 3.30. The van der Waals surface area contributed by atoms with E-state index in [0.717, 1.165) is 44.7 Å². The molecule has 1 aromatic rings. The number of likely N-dealkylation sites (tertiary alicyclic amines) is 1. The molecule has 2 fully saturated rings. The smallest absolute Gasteiger partial charge is 0.274 e. The highest BCUT2D eigenvalue weighted by Gasteiger charge is 2.29. The number of fused-ring (bicyclic) bond motifs is 1. The summed E-state index contributed by atoms with van der Waals surface area (Å²) in [5, 5.41) is 11.1. The van der Waals surface area contributed by atoms with Crippen molar-refractivity contribution >= 4 is 18.3 Å². The maximum absolute atomic E-state index is 12.7. The molecule has 0 atom stereocenters. The Morgan fingerprint density at radius 2 is 1.91 bits per heavy atom. The van der Waals surface area contributed by atoms with Crippen LogP contribution in [0.2, 0.25) is 0 Å². The Labute approximate surface area is 144 Å². The summed E-state index contributed by atoms with van der Waals surface area (Å²) in [6.45, 7) is 2.90. The second-order valence-corrected chi connectivity index (χ2v) is 7.15. The van der Waals surface area contributed by atoms with Gasteiger partial charge in [-0.05, 0) is 63.8 Å². The number of carbonyl (C=O) groups excluding carboxylic acids is 1. The van der Waals surface area contributed by atoms with E-state index in [2.05, 4.69) is 15.5 Å². The first kappa shape index (κ1) is 16.8. The minimum Gasteiger partial charge on any atom is -0.337 e. The lowest BCUT2D eigenvalue weighted by atomic mass is 9.95. The number of H-pyrrole nitrogens is 1. The average molecular weight is 339 g/mol. The van der Waals surface area contributed by atoms with Crippen molar-refractivity contribution in [3.63, 3.8) is 0 Å². The van der Waals surface area contributed by atoms with E-state index in [0.29, 0.717) is 11.7 Å². The van der Waals surface area contributed by atoms with Crippen LogP contribution in [0.4, 0.5) is 0 Å². The van der Waals surface area contributed by atoms with Crippen LogP contribution in [-0.4, -0.2) is 46.7 Å². The molecule has 5 nitrogen and oxygen atoms in total. The molecule has 3 aliphatic rings. The summed E-state index contributed by atoms with van der Waals surface area (Å²) in [5.41, 5.74) is 3.07. The van der Waals surface area contributed by atoms with E-state index < -0.39 is 0 Å². The van der Waals surface area contributed by atoms with Crippen molar-refractivity contribution in [3.8, 4) is 0 Å². The van der Waals surface area contributed by atoms with E-state index in [1.807, 2.05) is 4.90 Å². The number of carbonyl (C=O) groups is 1. The zero-order valence-electron chi connectivity index (χ0n) is 13.6. The van der Waals surface area contributed by atoms with Gasteiger partial charge in [-0.2, -0.15) is 5.10 Å². The van der Waals surface area contributed by atoms with Gasteiger partial charge >= 0.3 is 0 Å². The van der Waals surface area contributed by atoms with Crippen molar-refractivity contribution in [1.82, 2.24) is 20.4 Å². The first-order valence-electron chi connectivity index (χ1n) is 8.90. The molecule has 2 N–H and O–H groups in total. The van der Waals surface area contributed by atoms with Gasteiger partial charge in [-0.1, -0.05) is 0 Å². The lowest BCUT2D eigenvalue weighted by Crippen LogP contribution is -2.45. The number of piperidine rings is 1. The number of nitrogens with zero attached hydrogens (tertiary/aromatic N) is 2. The molecule has 1 saturated carbocycles. The predicted octanol–water partition coefficient (Wildman–Crippen LogP) is 2.31. The number of aryl methyl sites for hydroxylation is 1. The van der Waals surface area contributed by atoms with Crippen molar-refractivity contribution in [3.05, 3.63) is 17.0 Å². The lowest BCUT2D eigenvalue weighted by molar-refractivity contribution is 0.0697. The molecule has 0 spiro atoms. The molecule has 0 bridgehead atoms. The SMILES string of the molecule is Cl.O=C(c1n[nH]c2c1CCCC2)N1CCC(NCC2CC2)CC1. The largest absolute Gasteiger partial charge is 0.337 e. The highest BCUT2D eigenvalue weighted by atomic mass is 35.5. The quantitative estimate of drug-likeness (QED) is 0.885. The van der Waals surface area contributed by atoms with E-state index in [9.17, 15) is 4.79 Å². The van der Waals surface area contributed by atoms with Gasteiger partial charge in [-0.15, -0.1) is 12.4 Å². The zero-order chi connectivity index (χ0) is 14.9. The Bertz CT molecular complexity index is 547. The van der Waals surface area contributed by atoms with Crippen LogP contribution >= 0.6 is 12.4 Å². The third-order valence-corrected chi connectivity index (χ3v) is 5.43. The minimum atomic E-state index is 0. The number of halogens is 1. The van der Waals surface area contributed by atoms with Crippen LogP contribution in [-0.2, 0) is 12.8 Å². The zero-order valence-corrected chi connectivity index (χ0v) is 14.5. The van der Waals surface area contributed by atoms with Crippen LogP contribution in [0.1, 0.15) is 60.3 Å². The number of aromatic nitrogens is 2. The maximum atomic E-state index is 12.7. The van der Waals surface area contributed by atoms with Gasteiger partial charge in [0.1, 0.15) is 0 Å². The molecule has 4 rings (SSSR count). The Hall–Kier alpha value is -1.07. The second kappa shape index (κ2) is 7.22. The summed E-state index contributed by atoms with van der Waals surface area (Å²) in [7, 11) is 0. The van der Waals surface area contributed by atoms with Gasteiger partial charge in [0.15, 0.2) is 5.69 Å². The summed E-state index contributed by atoms with van der Waals surface area (Å²) in [5.74, 6) is 1.07. The topological polar surface area (TPSA) is 61.0 Å². The van der Waals surface area contributed by atoms with Crippen LogP contribution in [0, 0.1) is 5.92 Å². The van der Waals surface area contributed by atoms with Crippen LogP contribution in [0.5, 0.6) is 0 Å². The van der Waals surface area contributed by atoms with Crippen LogP contribution in [0.25, 0.3) is 0 Å². The first-order valence-corrected chi connectivity index (χ1v) is 8.90. The van der Waals surface area contributed by atoms with Crippen molar-refractivity contribution in [2.24, 2.45) is 5.92 Å². The molecule has 1 saturated heterocycles. The molecule has 6 heteroatoms. The molecule has 2 heterocycles. The lowest BCUT2D eigenvalue weighted by Gasteiger charge is -2.32. The van der Waals surface area contributed by atoms with Gasteiger partial charge in [0.25, 0.3) is 5.91 Å². The summed E-state index contributed by atoms with van der Waals surface area (Å²) in [6, 6.07) is 0.595. The Kier molecular flexibility index (Phi) is 5.27. The maximum Gasteiger partial charge on any atom is 0.274 e. The summed E-state index contributed by atoms with van der Waals surface area (Å²) in [4.78, 5) is 14.7. The number of aromatic amines is 1. The fourth-order valence-electron chi connectivity index (χ4n) is 3.75. The fraction of sp³-hybridized carbons (Fsp3) is 0.765. The normalized spacial score (nSPS) is 21.7. The number of rotatable bonds is 4. The van der Waals surface area contributed by atoms with E-state index in [-0.39, 0.29) is 18.3 Å². The number of nitrogens with one attached hydrogen (secondary N) is 2. The molecular weight excluding hydrogens is 312 g/mol. The Morgan fingerprint density at radius 1 is 1.17 bits per heavy atom. The van der Waals surface area contributed by atoms with Gasteiger partial charge in [0, 0.05) is 30.4 Å². The highest BCUT2D eigenvalue weighted by Crippen LogP contribution is 2.28. The van der Waals surface area contributed by atoms with Crippen molar-refractivity contribution < 1.29 is 4.79 Å². The van der Waals surface area contributed by atoms with Gasteiger partial charge in [0.05, 0.1) is 0 Å². The van der Waals surface area contributed by atoms with Crippen molar-refractivity contribution in [2.75, 3.05) is 19.6 Å². The van der Waals surface area contributed by atoms with Gasteiger partial charge < -0.3 is 10.2 Å². The molecule has 1 amide bonds. The first-order chi connectivity index (χ1) is 10.8. The van der Waals surface area contributed by atoms with Gasteiger partial charge in [0.2, 0.25) is 0 Å². The second-order valence-electron chi connectivity index (χ2n) is 7.15. The third kappa shape index (κ3) is 3.72. The molecule has 0 radical (unpaired) electrons. The third-order valence-electron chi connectivity index (χ3n) is 5.43. The number of hydrogen-bond acceptors (Lipinski definition) is 3. The minimum absolute atomic E-state index is 0. The molecule has 2 aliphatic carbocycles.